The number of carboxylic acids is 1. The van der Waals surface area contributed by atoms with Crippen molar-refractivity contribution < 1.29 is 53.8 Å². The lowest BCUT2D eigenvalue weighted by Crippen LogP contribution is -2.61. The van der Waals surface area contributed by atoms with E-state index in [0.29, 0.717) is 31.7 Å². The summed E-state index contributed by atoms with van der Waals surface area (Å²) in [7, 11) is 0. The maximum atomic E-state index is 12.9. The Morgan fingerprint density at radius 1 is 0.923 bits per heavy atom. The van der Waals surface area contributed by atoms with E-state index in [0.717, 1.165) is 0 Å². The van der Waals surface area contributed by atoms with Crippen LogP contribution >= 0.6 is 0 Å². The van der Waals surface area contributed by atoms with Crippen LogP contribution in [-0.4, -0.2) is 111 Å². The van der Waals surface area contributed by atoms with Crippen LogP contribution in [0.5, 0.6) is 5.75 Å². The Balaban J connectivity index is 1.70. The van der Waals surface area contributed by atoms with Crippen molar-refractivity contribution in [1.82, 2.24) is 9.80 Å². The van der Waals surface area contributed by atoms with Crippen molar-refractivity contribution in [2.45, 2.75) is 65.0 Å². The lowest BCUT2D eigenvalue weighted by molar-refractivity contribution is -0.271. The molecule has 0 saturated carbocycles. The molecule has 2 heterocycles. The van der Waals surface area contributed by atoms with Crippen LogP contribution in [0, 0.1) is 11.8 Å². The molecule has 2 saturated heterocycles. The van der Waals surface area contributed by atoms with Gasteiger partial charge in [0.1, 0.15) is 30.7 Å². The molecule has 2 amide bonds. The topological polar surface area (TPSA) is 183 Å². The standard InChI is InChI=1S/C26H36N2O11/c1-13(2)18(29)16-11-15(12-37-26(36)28-9-7-27(8-10-28)23(33)14(3)4)5-6-17(16)38-25-21(32)19(30)20(31)22(39-25)24(34)35/h5-6,11,13-14,19-22,25,30-32H,7-10,12H2,1-4H3,(H,34,35)/t19-,20-,21+,22-,25+/m0/s1. The van der Waals surface area contributed by atoms with Crippen molar-refractivity contribution >= 4 is 23.8 Å². The van der Waals surface area contributed by atoms with Gasteiger partial charge in [0.2, 0.25) is 12.2 Å². The average Bonchev–Trinajstić information content (AvgIpc) is 2.91. The van der Waals surface area contributed by atoms with E-state index >= 15 is 0 Å². The molecule has 0 radical (unpaired) electrons. The maximum absolute atomic E-state index is 12.9. The van der Waals surface area contributed by atoms with Crippen LogP contribution in [0.2, 0.25) is 0 Å². The van der Waals surface area contributed by atoms with E-state index in [2.05, 4.69) is 0 Å². The number of piperazine rings is 1. The van der Waals surface area contributed by atoms with E-state index < -0.39 is 48.7 Å². The number of ketones is 1. The minimum atomic E-state index is -1.88. The third-order valence-corrected chi connectivity index (χ3v) is 6.60. The Kier molecular flexibility index (Phi) is 9.88. The molecule has 13 nitrogen and oxygen atoms in total. The highest BCUT2D eigenvalue weighted by atomic mass is 16.7. The van der Waals surface area contributed by atoms with Gasteiger partial charge in [-0.25, -0.2) is 9.59 Å². The van der Waals surface area contributed by atoms with Crippen LogP contribution in [-0.2, 0) is 25.7 Å². The highest BCUT2D eigenvalue weighted by Crippen LogP contribution is 2.29. The van der Waals surface area contributed by atoms with Gasteiger partial charge in [-0.05, 0) is 17.7 Å². The molecule has 13 heteroatoms. The molecule has 5 atom stereocenters. The SMILES string of the molecule is CC(C)C(=O)c1cc(COC(=O)N2CCN(C(=O)C(C)C)CC2)ccc1O[C@@H]1O[C@H](C(=O)O)[C@@H](O)[C@H](O)[C@H]1O. The lowest BCUT2D eigenvalue weighted by Gasteiger charge is -2.38. The van der Waals surface area contributed by atoms with Gasteiger partial charge < -0.3 is 44.4 Å². The number of nitrogens with zero attached hydrogens (tertiary/aromatic N) is 2. The van der Waals surface area contributed by atoms with E-state index in [-0.39, 0.29) is 35.5 Å². The fourth-order valence-electron chi connectivity index (χ4n) is 4.26. The molecule has 0 bridgehead atoms. The molecule has 2 aliphatic rings. The summed E-state index contributed by atoms with van der Waals surface area (Å²) < 4.78 is 16.2. The van der Waals surface area contributed by atoms with E-state index in [1.54, 1.807) is 18.7 Å². The van der Waals surface area contributed by atoms with Crippen molar-refractivity contribution in [2.24, 2.45) is 11.8 Å². The lowest BCUT2D eigenvalue weighted by atomic mass is 9.97. The van der Waals surface area contributed by atoms with Crippen LogP contribution in [0.4, 0.5) is 4.79 Å². The van der Waals surface area contributed by atoms with Crippen molar-refractivity contribution in [3.05, 3.63) is 29.3 Å². The first-order chi connectivity index (χ1) is 18.3. The number of ether oxygens (including phenoxy) is 3. The zero-order valence-corrected chi connectivity index (χ0v) is 22.4. The summed E-state index contributed by atoms with van der Waals surface area (Å²) in [5, 5.41) is 39.5. The van der Waals surface area contributed by atoms with E-state index in [1.165, 1.54) is 23.1 Å². The molecular formula is C26H36N2O11. The number of rotatable bonds is 8. The molecule has 39 heavy (non-hydrogen) atoms. The molecule has 0 aromatic heterocycles. The summed E-state index contributed by atoms with van der Waals surface area (Å²) in [6.45, 7) is 8.31. The second kappa shape index (κ2) is 12.7. The smallest absolute Gasteiger partial charge is 0.410 e. The molecular weight excluding hydrogens is 516 g/mol. The Hall–Kier alpha value is -3.26. The summed E-state index contributed by atoms with van der Waals surface area (Å²) in [6.07, 6.45) is -9.65. The first-order valence-electron chi connectivity index (χ1n) is 12.8. The van der Waals surface area contributed by atoms with Crippen molar-refractivity contribution in [3.8, 4) is 5.75 Å². The number of carbonyl (C=O) groups is 4. The normalized spacial score (nSPS) is 25.5. The fourth-order valence-corrected chi connectivity index (χ4v) is 4.26. The van der Waals surface area contributed by atoms with E-state index in [4.69, 9.17) is 14.2 Å². The van der Waals surface area contributed by atoms with Gasteiger partial charge >= 0.3 is 12.1 Å². The van der Waals surface area contributed by atoms with Crippen molar-refractivity contribution in [1.29, 1.82) is 0 Å². The molecule has 2 aliphatic heterocycles. The van der Waals surface area contributed by atoms with Gasteiger partial charge in [-0.3, -0.25) is 9.59 Å². The number of benzene rings is 1. The van der Waals surface area contributed by atoms with Gasteiger partial charge in [0.25, 0.3) is 0 Å². The van der Waals surface area contributed by atoms with Gasteiger partial charge in [0, 0.05) is 38.0 Å². The Bertz CT molecular complexity index is 1070. The third kappa shape index (κ3) is 7.04. The van der Waals surface area contributed by atoms with Crippen LogP contribution < -0.4 is 4.74 Å². The first-order valence-corrected chi connectivity index (χ1v) is 12.8. The number of aliphatic hydroxyl groups is 3. The fraction of sp³-hybridized carbons (Fsp3) is 0.615. The van der Waals surface area contributed by atoms with E-state index in [9.17, 15) is 39.6 Å². The molecule has 0 spiro atoms. The summed E-state index contributed by atoms with van der Waals surface area (Å²) in [6, 6.07) is 4.37. The van der Waals surface area contributed by atoms with Gasteiger partial charge in [-0.1, -0.05) is 33.8 Å². The summed E-state index contributed by atoms with van der Waals surface area (Å²) in [4.78, 5) is 52.3. The largest absolute Gasteiger partial charge is 0.479 e. The molecule has 0 aliphatic carbocycles. The summed E-state index contributed by atoms with van der Waals surface area (Å²) in [5.74, 6) is -2.52. The number of carbonyl (C=O) groups excluding carboxylic acids is 3. The number of amides is 2. The molecule has 3 rings (SSSR count). The van der Waals surface area contributed by atoms with Gasteiger partial charge in [-0.2, -0.15) is 0 Å². The second-order valence-corrected chi connectivity index (χ2v) is 10.2. The number of Topliss-reactive ketones (excluding diaryl/α,β-unsaturated/α-hetero) is 1. The Morgan fingerprint density at radius 3 is 2.10 bits per heavy atom. The quantitative estimate of drug-likeness (QED) is 0.324. The zero-order valence-electron chi connectivity index (χ0n) is 22.4. The molecule has 216 valence electrons. The van der Waals surface area contributed by atoms with Crippen LogP contribution in [0.15, 0.2) is 18.2 Å². The molecule has 0 unspecified atom stereocenters. The Labute approximate surface area is 225 Å². The molecule has 1 aromatic carbocycles. The number of hydrogen-bond acceptors (Lipinski definition) is 10. The molecule has 2 fully saturated rings. The highest BCUT2D eigenvalue weighted by molar-refractivity contribution is 6.00. The predicted octanol–water partition coefficient (Wildman–Crippen LogP) is 0.233. The average molecular weight is 553 g/mol. The number of hydrogen-bond donors (Lipinski definition) is 4. The minimum absolute atomic E-state index is 0.0305. The molecule has 4 N–H and O–H groups in total. The van der Waals surface area contributed by atoms with Gasteiger partial charge in [-0.15, -0.1) is 0 Å². The van der Waals surface area contributed by atoms with Crippen LogP contribution in [0.1, 0.15) is 43.6 Å². The maximum Gasteiger partial charge on any atom is 0.410 e. The number of carboxylic acid groups (broad SMARTS) is 1. The molecule has 1 aromatic rings. The third-order valence-electron chi connectivity index (χ3n) is 6.60. The Morgan fingerprint density at radius 2 is 1.54 bits per heavy atom. The number of aliphatic hydroxyl groups excluding tert-OH is 3. The van der Waals surface area contributed by atoms with Crippen molar-refractivity contribution in [3.63, 3.8) is 0 Å². The summed E-state index contributed by atoms with van der Waals surface area (Å²) >= 11 is 0. The van der Waals surface area contributed by atoms with Crippen molar-refractivity contribution in [2.75, 3.05) is 26.2 Å². The minimum Gasteiger partial charge on any atom is -0.479 e. The second-order valence-electron chi connectivity index (χ2n) is 10.2. The van der Waals surface area contributed by atoms with Crippen LogP contribution in [0.3, 0.4) is 0 Å². The first kappa shape index (κ1) is 30.3. The zero-order chi connectivity index (χ0) is 29.0. The monoisotopic (exact) mass is 552 g/mol. The van der Waals surface area contributed by atoms with Gasteiger partial charge in [0.15, 0.2) is 11.9 Å². The highest BCUT2D eigenvalue weighted by Gasteiger charge is 2.48. The van der Waals surface area contributed by atoms with Crippen LogP contribution in [0.25, 0.3) is 0 Å². The van der Waals surface area contributed by atoms with Gasteiger partial charge in [0.05, 0.1) is 5.56 Å². The van der Waals surface area contributed by atoms with E-state index in [1.807, 2.05) is 13.8 Å². The number of aliphatic carboxylic acids is 1. The predicted molar refractivity (Wildman–Crippen MR) is 134 cm³/mol. The summed E-state index contributed by atoms with van der Waals surface area (Å²) in [5.41, 5.74) is 0.542.